The standard InChI is InChI=1S/C21H27F3N4O2/c1-12-13(2)25-19-10-17(15-4-6-16(7-5-15)21(22,23)24)26-28(19)20(12)18-11-27(14(3)29)8-9-30-18/h10,15-16,18H,4-9,11H2,1-3H3/t15-,16-,18-/m1/s1. The molecule has 1 amide bonds. The lowest BCUT2D eigenvalue weighted by Gasteiger charge is -2.33. The van der Waals surface area contributed by atoms with Crippen molar-refractivity contribution in [2.24, 2.45) is 5.92 Å². The average molecular weight is 424 g/mol. The van der Waals surface area contributed by atoms with Gasteiger partial charge >= 0.3 is 6.18 Å². The Labute approximate surface area is 173 Å². The second-order valence-corrected chi connectivity index (χ2v) is 8.46. The molecule has 164 valence electrons. The molecule has 0 radical (unpaired) electrons. The Morgan fingerprint density at radius 1 is 1.20 bits per heavy atom. The molecule has 1 atom stereocenters. The van der Waals surface area contributed by atoms with E-state index in [4.69, 9.17) is 9.84 Å². The molecule has 1 aliphatic carbocycles. The zero-order chi connectivity index (χ0) is 21.6. The molecule has 2 aromatic rings. The minimum Gasteiger partial charge on any atom is -0.368 e. The zero-order valence-electron chi connectivity index (χ0n) is 17.5. The van der Waals surface area contributed by atoms with Crippen molar-refractivity contribution in [3.8, 4) is 0 Å². The number of halogens is 3. The summed E-state index contributed by atoms with van der Waals surface area (Å²) in [5.41, 5.74) is 4.12. The van der Waals surface area contributed by atoms with E-state index in [0.29, 0.717) is 38.2 Å². The lowest BCUT2D eigenvalue weighted by atomic mass is 9.80. The lowest BCUT2D eigenvalue weighted by Crippen LogP contribution is -2.41. The molecule has 0 spiro atoms. The number of amides is 1. The highest BCUT2D eigenvalue weighted by atomic mass is 19.4. The number of aryl methyl sites for hydroxylation is 1. The monoisotopic (exact) mass is 424 g/mol. The first-order valence-electron chi connectivity index (χ1n) is 10.5. The van der Waals surface area contributed by atoms with Gasteiger partial charge in [-0.2, -0.15) is 18.3 Å². The summed E-state index contributed by atoms with van der Waals surface area (Å²) < 4.78 is 46.8. The topological polar surface area (TPSA) is 59.7 Å². The van der Waals surface area contributed by atoms with Crippen molar-refractivity contribution in [3.63, 3.8) is 0 Å². The molecule has 0 N–H and O–H groups in total. The van der Waals surface area contributed by atoms with Gasteiger partial charge in [-0.1, -0.05) is 0 Å². The fourth-order valence-corrected chi connectivity index (χ4v) is 4.64. The van der Waals surface area contributed by atoms with Crippen molar-refractivity contribution in [3.05, 3.63) is 28.7 Å². The molecule has 30 heavy (non-hydrogen) atoms. The Morgan fingerprint density at radius 3 is 2.53 bits per heavy atom. The van der Waals surface area contributed by atoms with Crippen LogP contribution in [0.5, 0.6) is 0 Å². The Hall–Kier alpha value is -2.16. The predicted molar refractivity (Wildman–Crippen MR) is 104 cm³/mol. The van der Waals surface area contributed by atoms with Crippen LogP contribution in [-0.2, 0) is 9.53 Å². The third kappa shape index (κ3) is 3.91. The van der Waals surface area contributed by atoms with E-state index < -0.39 is 12.1 Å². The third-order valence-electron chi connectivity index (χ3n) is 6.57. The maximum atomic E-state index is 13.0. The summed E-state index contributed by atoms with van der Waals surface area (Å²) in [4.78, 5) is 18.3. The SMILES string of the molecule is CC(=O)N1CCO[C@@H](c2c(C)c(C)nc3cc([C@H]4CC[C@H](C(F)(F)F)CC4)nn23)C1. The summed E-state index contributed by atoms with van der Waals surface area (Å²) in [6, 6.07) is 1.89. The molecule has 3 heterocycles. The fourth-order valence-electron chi connectivity index (χ4n) is 4.64. The van der Waals surface area contributed by atoms with Crippen LogP contribution < -0.4 is 0 Å². The van der Waals surface area contributed by atoms with Crippen LogP contribution in [0.15, 0.2) is 6.07 Å². The van der Waals surface area contributed by atoms with Crippen LogP contribution in [0.25, 0.3) is 5.65 Å². The Balaban J connectivity index is 1.65. The molecule has 0 aromatic carbocycles. The van der Waals surface area contributed by atoms with E-state index in [9.17, 15) is 18.0 Å². The normalized spacial score (nSPS) is 25.7. The van der Waals surface area contributed by atoms with Crippen LogP contribution in [0.1, 0.15) is 67.3 Å². The van der Waals surface area contributed by atoms with Gasteiger partial charge in [-0.15, -0.1) is 0 Å². The van der Waals surface area contributed by atoms with E-state index in [2.05, 4.69) is 4.98 Å². The Bertz CT molecular complexity index is 948. The number of ether oxygens (including phenoxy) is 1. The van der Waals surface area contributed by atoms with Crippen LogP contribution in [0.2, 0.25) is 0 Å². The molecule has 2 fully saturated rings. The quantitative estimate of drug-likeness (QED) is 0.728. The first kappa shape index (κ1) is 21.1. The number of nitrogens with zero attached hydrogens (tertiary/aromatic N) is 4. The van der Waals surface area contributed by atoms with Gasteiger partial charge in [-0.3, -0.25) is 4.79 Å². The van der Waals surface area contributed by atoms with Gasteiger partial charge < -0.3 is 9.64 Å². The largest absolute Gasteiger partial charge is 0.391 e. The molecule has 1 saturated heterocycles. The number of hydrogen-bond donors (Lipinski definition) is 0. The lowest BCUT2D eigenvalue weighted by molar-refractivity contribution is -0.182. The van der Waals surface area contributed by atoms with E-state index >= 15 is 0 Å². The van der Waals surface area contributed by atoms with E-state index in [1.54, 1.807) is 16.3 Å². The van der Waals surface area contributed by atoms with Gasteiger partial charge in [0.25, 0.3) is 0 Å². The van der Waals surface area contributed by atoms with Crippen LogP contribution in [-0.4, -0.2) is 51.3 Å². The molecule has 2 aliphatic rings. The maximum Gasteiger partial charge on any atom is 0.391 e. The maximum absolute atomic E-state index is 13.0. The summed E-state index contributed by atoms with van der Waals surface area (Å²) in [6.07, 6.45) is -3.22. The molecule has 0 bridgehead atoms. The van der Waals surface area contributed by atoms with Gasteiger partial charge in [0.15, 0.2) is 5.65 Å². The average Bonchev–Trinajstić information content (AvgIpc) is 3.11. The van der Waals surface area contributed by atoms with Crippen molar-refractivity contribution in [2.45, 2.75) is 64.7 Å². The van der Waals surface area contributed by atoms with Gasteiger partial charge in [0.2, 0.25) is 5.91 Å². The van der Waals surface area contributed by atoms with Gasteiger partial charge in [0, 0.05) is 31.1 Å². The molecule has 6 nitrogen and oxygen atoms in total. The molecule has 1 saturated carbocycles. The van der Waals surface area contributed by atoms with Crippen LogP contribution >= 0.6 is 0 Å². The van der Waals surface area contributed by atoms with E-state index in [1.807, 2.05) is 19.9 Å². The number of aromatic nitrogens is 3. The predicted octanol–water partition coefficient (Wildman–Crippen LogP) is 4.10. The molecular weight excluding hydrogens is 397 g/mol. The highest BCUT2D eigenvalue weighted by Gasteiger charge is 2.42. The summed E-state index contributed by atoms with van der Waals surface area (Å²) in [6.45, 7) is 6.88. The number of rotatable bonds is 2. The van der Waals surface area contributed by atoms with Crippen LogP contribution in [0.3, 0.4) is 0 Å². The van der Waals surface area contributed by atoms with Crippen molar-refractivity contribution >= 4 is 11.6 Å². The number of fused-ring (bicyclic) bond motifs is 1. The van der Waals surface area contributed by atoms with Crippen LogP contribution in [0, 0.1) is 19.8 Å². The summed E-state index contributed by atoms with van der Waals surface area (Å²) in [7, 11) is 0. The van der Waals surface area contributed by atoms with Crippen molar-refractivity contribution in [2.75, 3.05) is 19.7 Å². The molecular formula is C21H27F3N4O2. The van der Waals surface area contributed by atoms with Crippen LogP contribution in [0.4, 0.5) is 13.2 Å². The first-order chi connectivity index (χ1) is 14.1. The number of morpholine rings is 1. The fraction of sp³-hybridized carbons (Fsp3) is 0.667. The minimum atomic E-state index is -4.12. The number of carbonyl (C=O) groups is 1. The van der Waals surface area contributed by atoms with E-state index in [1.165, 1.54) is 0 Å². The second-order valence-electron chi connectivity index (χ2n) is 8.46. The molecule has 9 heteroatoms. The second kappa shape index (κ2) is 7.83. The van der Waals surface area contributed by atoms with Crippen molar-refractivity contribution < 1.29 is 22.7 Å². The third-order valence-corrected chi connectivity index (χ3v) is 6.57. The van der Waals surface area contributed by atoms with Gasteiger partial charge in [-0.25, -0.2) is 9.50 Å². The van der Waals surface area contributed by atoms with Crippen molar-refractivity contribution in [1.29, 1.82) is 0 Å². The summed E-state index contributed by atoms with van der Waals surface area (Å²) in [5.74, 6) is -1.21. The number of alkyl halides is 3. The van der Waals surface area contributed by atoms with Gasteiger partial charge in [0.05, 0.1) is 30.5 Å². The van der Waals surface area contributed by atoms with Gasteiger partial charge in [-0.05, 0) is 45.1 Å². The summed E-state index contributed by atoms with van der Waals surface area (Å²) in [5, 5.41) is 4.76. The number of carbonyl (C=O) groups excluding carboxylic acids is 1. The highest BCUT2D eigenvalue weighted by molar-refractivity contribution is 5.73. The minimum absolute atomic E-state index is 0.000227. The van der Waals surface area contributed by atoms with Crippen molar-refractivity contribution in [1.82, 2.24) is 19.5 Å². The molecule has 4 rings (SSSR count). The summed E-state index contributed by atoms with van der Waals surface area (Å²) >= 11 is 0. The number of hydrogen-bond acceptors (Lipinski definition) is 4. The van der Waals surface area contributed by atoms with E-state index in [0.717, 1.165) is 22.6 Å². The Morgan fingerprint density at radius 2 is 1.90 bits per heavy atom. The molecule has 1 aliphatic heterocycles. The smallest absolute Gasteiger partial charge is 0.368 e. The first-order valence-corrected chi connectivity index (χ1v) is 10.5. The molecule has 0 unspecified atom stereocenters. The molecule has 2 aromatic heterocycles. The zero-order valence-corrected chi connectivity index (χ0v) is 17.5. The van der Waals surface area contributed by atoms with Gasteiger partial charge in [0.1, 0.15) is 6.10 Å². The van der Waals surface area contributed by atoms with E-state index in [-0.39, 0.29) is 30.8 Å². The highest BCUT2D eigenvalue weighted by Crippen LogP contribution is 2.43. The Kier molecular flexibility index (Phi) is 5.50.